The normalized spacial score (nSPS) is 16.0. The van der Waals surface area contributed by atoms with Gasteiger partial charge in [0.2, 0.25) is 0 Å². The van der Waals surface area contributed by atoms with Crippen LogP contribution in [0.5, 0.6) is 5.75 Å². The Hall–Kier alpha value is -0.980. The molecule has 0 amide bonds. The molecule has 0 bridgehead atoms. The molecule has 1 fully saturated rings. The second-order valence-electron chi connectivity index (χ2n) is 7.10. The molecule has 0 aromatic heterocycles. The summed E-state index contributed by atoms with van der Waals surface area (Å²) >= 11 is 0. The molecule has 2 rings (SSSR count). The summed E-state index contributed by atoms with van der Waals surface area (Å²) in [6.45, 7) is 2.27. The first kappa shape index (κ1) is 17.4. The van der Waals surface area contributed by atoms with Crippen molar-refractivity contribution in [3.8, 4) is 5.75 Å². The maximum absolute atomic E-state index is 10.2. The lowest BCUT2D eigenvalue weighted by Crippen LogP contribution is -2.05. The van der Waals surface area contributed by atoms with Gasteiger partial charge in [-0.1, -0.05) is 76.8 Å². The Labute approximate surface area is 137 Å². The van der Waals surface area contributed by atoms with Crippen LogP contribution < -0.4 is 0 Å². The minimum absolute atomic E-state index is 0.523. The van der Waals surface area contributed by atoms with Gasteiger partial charge in [0.05, 0.1) is 0 Å². The van der Waals surface area contributed by atoms with E-state index in [0.717, 1.165) is 0 Å². The summed E-state index contributed by atoms with van der Waals surface area (Å²) in [5.74, 6) is 1.12. The Balaban J connectivity index is 1.76. The zero-order valence-electron chi connectivity index (χ0n) is 14.4. The molecule has 1 aromatic rings. The van der Waals surface area contributed by atoms with Gasteiger partial charge in [-0.2, -0.15) is 0 Å². The minimum Gasteiger partial charge on any atom is -0.508 e. The van der Waals surface area contributed by atoms with Crippen LogP contribution in [0.4, 0.5) is 0 Å². The van der Waals surface area contributed by atoms with Crippen molar-refractivity contribution < 1.29 is 5.11 Å². The third-order valence-electron chi connectivity index (χ3n) is 5.21. The van der Waals surface area contributed by atoms with Crippen molar-refractivity contribution in [1.82, 2.24) is 0 Å². The average molecular weight is 303 g/mol. The smallest absolute Gasteiger partial charge is 0.119 e. The molecule has 22 heavy (non-hydrogen) atoms. The van der Waals surface area contributed by atoms with Gasteiger partial charge in [-0.25, -0.2) is 0 Å². The van der Waals surface area contributed by atoms with Gasteiger partial charge < -0.3 is 5.11 Å². The van der Waals surface area contributed by atoms with Gasteiger partial charge in [0.1, 0.15) is 5.75 Å². The second-order valence-corrected chi connectivity index (χ2v) is 7.10. The first-order valence-electron chi connectivity index (χ1n) is 9.63. The van der Waals surface area contributed by atoms with Gasteiger partial charge in [0.25, 0.3) is 0 Å². The fraction of sp³-hybridized carbons (Fsp3) is 0.714. The number of hydrogen-bond acceptors (Lipinski definition) is 1. The largest absolute Gasteiger partial charge is 0.508 e. The van der Waals surface area contributed by atoms with Crippen LogP contribution in [0.15, 0.2) is 18.2 Å². The van der Waals surface area contributed by atoms with Gasteiger partial charge in [-0.05, 0) is 48.8 Å². The average Bonchev–Trinajstić information content (AvgIpc) is 2.56. The van der Waals surface area contributed by atoms with Gasteiger partial charge in [-0.3, -0.25) is 0 Å². The maximum Gasteiger partial charge on any atom is 0.119 e. The maximum atomic E-state index is 10.2. The van der Waals surface area contributed by atoms with Crippen molar-refractivity contribution >= 4 is 0 Å². The van der Waals surface area contributed by atoms with E-state index in [1.807, 2.05) is 6.07 Å². The molecule has 0 aliphatic heterocycles. The van der Waals surface area contributed by atoms with E-state index in [2.05, 4.69) is 19.1 Å². The second kappa shape index (κ2) is 9.92. The number of aryl methyl sites for hydroxylation is 1. The molecule has 0 radical (unpaired) electrons. The van der Waals surface area contributed by atoms with E-state index < -0.39 is 0 Å². The Morgan fingerprint density at radius 2 is 1.59 bits per heavy atom. The molecule has 0 spiro atoms. The number of phenolic OH excluding ortho intramolecular Hbond substituents is 1. The Morgan fingerprint density at radius 1 is 0.909 bits per heavy atom. The zero-order valence-corrected chi connectivity index (χ0v) is 14.4. The first-order valence-corrected chi connectivity index (χ1v) is 9.63. The highest BCUT2D eigenvalue weighted by molar-refractivity contribution is 5.39. The molecule has 0 unspecified atom stereocenters. The SMILES string of the molecule is CCCCCCCCCc1ccc(O)c(C2CCCCC2)c1. The predicted octanol–water partition coefficient (Wildman–Crippen LogP) is 6.73. The highest BCUT2D eigenvalue weighted by atomic mass is 16.3. The summed E-state index contributed by atoms with van der Waals surface area (Å²) in [6, 6.07) is 6.35. The van der Waals surface area contributed by atoms with Crippen LogP contribution in [-0.4, -0.2) is 5.11 Å². The topological polar surface area (TPSA) is 20.2 Å². The summed E-state index contributed by atoms with van der Waals surface area (Å²) < 4.78 is 0. The van der Waals surface area contributed by atoms with Crippen molar-refractivity contribution in [2.24, 2.45) is 0 Å². The van der Waals surface area contributed by atoms with Crippen molar-refractivity contribution in [3.05, 3.63) is 29.3 Å². The van der Waals surface area contributed by atoms with Gasteiger partial charge in [-0.15, -0.1) is 0 Å². The molecule has 124 valence electrons. The van der Waals surface area contributed by atoms with E-state index in [9.17, 15) is 5.11 Å². The van der Waals surface area contributed by atoms with E-state index in [-0.39, 0.29) is 0 Å². The van der Waals surface area contributed by atoms with Crippen molar-refractivity contribution in [2.45, 2.75) is 96.3 Å². The van der Waals surface area contributed by atoms with E-state index in [0.29, 0.717) is 11.7 Å². The van der Waals surface area contributed by atoms with Crippen molar-refractivity contribution in [3.63, 3.8) is 0 Å². The van der Waals surface area contributed by atoms with Crippen LogP contribution in [0.3, 0.4) is 0 Å². The highest BCUT2D eigenvalue weighted by Gasteiger charge is 2.18. The molecule has 1 saturated carbocycles. The number of rotatable bonds is 9. The van der Waals surface area contributed by atoms with Crippen LogP contribution in [-0.2, 0) is 6.42 Å². The third-order valence-corrected chi connectivity index (χ3v) is 5.21. The van der Waals surface area contributed by atoms with Crippen molar-refractivity contribution in [1.29, 1.82) is 0 Å². The van der Waals surface area contributed by atoms with E-state index >= 15 is 0 Å². The lowest BCUT2D eigenvalue weighted by atomic mass is 9.83. The standard InChI is InChI=1S/C21H34O/c1-2-3-4-5-6-7-9-12-18-15-16-21(22)20(17-18)19-13-10-8-11-14-19/h15-17,19,22H,2-14H2,1H3. The number of benzene rings is 1. The van der Waals surface area contributed by atoms with Crippen LogP contribution in [0.25, 0.3) is 0 Å². The minimum atomic E-state index is 0.523. The quantitative estimate of drug-likeness (QED) is 0.501. The molecule has 1 aliphatic carbocycles. The molecule has 1 aromatic carbocycles. The highest BCUT2D eigenvalue weighted by Crippen LogP contribution is 2.37. The number of hydrogen-bond donors (Lipinski definition) is 1. The van der Waals surface area contributed by atoms with E-state index in [4.69, 9.17) is 0 Å². The van der Waals surface area contributed by atoms with Gasteiger partial charge >= 0.3 is 0 Å². The van der Waals surface area contributed by atoms with E-state index in [1.165, 1.54) is 94.6 Å². The van der Waals surface area contributed by atoms with Crippen LogP contribution in [0.1, 0.15) is 101 Å². The van der Waals surface area contributed by atoms with Gasteiger partial charge in [0, 0.05) is 0 Å². The van der Waals surface area contributed by atoms with Crippen molar-refractivity contribution in [2.75, 3.05) is 0 Å². The third kappa shape index (κ3) is 5.66. The van der Waals surface area contributed by atoms with Crippen LogP contribution in [0.2, 0.25) is 0 Å². The lowest BCUT2D eigenvalue weighted by molar-refractivity contribution is 0.414. The lowest BCUT2D eigenvalue weighted by Gasteiger charge is -2.23. The number of aromatic hydroxyl groups is 1. The molecular weight excluding hydrogens is 268 g/mol. The molecule has 0 atom stereocenters. The number of unbranched alkanes of at least 4 members (excludes halogenated alkanes) is 6. The molecule has 1 nitrogen and oxygen atoms in total. The summed E-state index contributed by atoms with van der Waals surface area (Å²) in [5, 5.41) is 10.2. The van der Waals surface area contributed by atoms with Crippen LogP contribution in [0, 0.1) is 0 Å². The van der Waals surface area contributed by atoms with Gasteiger partial charge in [0.15, 0.2) is 0 Å². The molecule has 1 N–H and O–H groups in total. The fourth-order valence-electron chi connectivity index (χ4n) is 3.79. The number of phenols is 1. The fourth-order valence-corrected chi connectivity index (χ4v) is 3.79. The molecule has 1 heteroatoms. The molecule has 0 heterocycles. The predicted molar refractivity (Wildman–Crippen MR) is 95.6 cm³/mol. The molecule has 1 aliphatic rings. The Bertz CT molecular complexity index is 418. The van der Waals surface area contributed by atoms with Crippen LogP contribution >= 0.6 is 0 Å². The Morgan fingerprint density at radius 3 is 2.32 bits per heavy atom. The summed E-state index contributed by atoms with van der Waals surface area (Å²) in [6.07, 6.45) is 17.3. The molecular formula is C21H34O. The Kier molecular flexibility index (Phi) is 7.83. The zero-order chi connectivity index (χ0) is 15.6. The monoisotopic (exact) mass is 302 g/mol. The summed E-state index contributed by atoms with van der Waals surface area (Å²) in [4.78, 5) is 0. The molecule has 0 saturated heterocycles. The first-order chi connectivity index (χ1) is 10.8. The van der Waals surface area contributed by atoms with E-state index in [1.54, 1.807) is 0 Å². The summed E-state index contributed by atoms with van der Waals surface area (Å²) in [7, 11) is 0. The summed E-state index contributed by atoms with van der Waals surface area (Å²) in [5.41, 5.74) is 2.65.